The molecule has 90 valence electrons. The number of hydrogen-bond donors (Lipinski definition) is 0. The van der Waals surface area contributed by atoms with Crippen LogP contribution in [0.25, 0.3) is 17.0 Å². The van der Waals surface area contributed by atoms with Gasteiger partial charge in [0, 0.05) is 18.9 Å². The third-order valence-electron chi connectivity index (χ3n) is 2.78. The van der Waals surface area contributed by atoms with E-state index in [1.165, 1.54) is 10.9 Å². The number of aromatic nitrogens is 6. The molecular formula is C11H10N6O. The van der Waals surface area contributed by atoms with Gasteiger partial charge < -0.3 is 0 Å². The second-order valence-corrected chi connectivity index (χ2v) is 3.96. The van der Waals surface area contributed by atoms with Gasteiger partial charge in [-0.05, 0) is 29.5 Å². The molecule has 0 saturated carbocycles. The summed E-state index contributed by atoms with van der Waals surface area (Å²) in [4.78, 5) is 16.7. The highest BCUT2D eigenvalue weighted by Gasteiger charge is 2.13. The Bertz CT molecular complexity index is 788. The Hall–Kier alpha value is -2.57. The summed E-state index contributed by atoms with van der Waals surface area (Å²) >= 11 is 0. The van der Waals surface area contributed by atoms with Crippen molar-refractivity contribution in [3.05, 3.63) is 40.4 Å². The van der Waals surface area contributed by atoms with Crippen LogP contribution in [0.15, 0.2) is 29.2 Å². The summed E-state index contributed by atoms with van der Waals surface area (Å²) in [5.74, 6) is 0.408. The fourth-order valence-corrected chi connectivity index (χ4v) is 1.89. The Balaban J connectivity index is 2.41. The van der Waals surface area contributed by atoms with Gasteiger partial charge in [0.2, 0.25) is 0 Å². The van der Waals surface area contributed by atoms with Crippen LogP contribution in [0, 0.1) is 6.92 Å². The zero-order valence-electron chi connectivity index (χ0n) is 9.90. The lowest BCUT2D eigenvalue weighted by molar-refractivity contribution is 0.714. The van der Waals surface area contributed by atoms with Crippen molar-refractivity contribution in [2.24, 2.45) is 7.05 Å². The molecule has 0 radical (unpaired) electrons. The van der Waals surface area contributed by atoms with Gasteiger partial charge in [0.25, 0.3) is 5.56 Å². The minimum absolute atomic E-state index is 0.170. The molecule has 0 amide bonds. The highest BCUT2D eigenvalue weighted by Crippen LogP contribution is 2.10. The van der Waals surface area contributed by atoms with E-state index < -0.39 is 0 Å². The first kappa shape index (κ1) is 10.6. The molecule has 0 spiro atoms. The molecule has 0 aromatic carbocycles. The second kappa shape index (κ2) is 3.73. The lowest BCUT2D eigenvalue weighted by Crippen LogP contribution is -2.20. The zero-order valence-corrected chi connectivity index (χ0v) is 9.90. The smallest absolute Gasteiger partial charge is 0.268 e. The van der Waals surface area contributed by atoms with E-state index >= 15 is 0 Å². The van der Waals surface area contributed by atoms with Crippen molar-refractivity contribution >= 4 is 5.65 Å². The number of tetrazole rings is 1. The fourth-order valence-electron chi connectivity index (χ4n) is 1.89. The van der Waals surface area contributed by atoms with Crippen molar-refractivity contribution in [3.8, 4) is 11.4 Å². The molecule has 0 aliphatic carbocycles. The number of hydrogen-bond acceptors (Lipinski definition) is 5. The molecule has 7 nitrogen and oxygen atoms in total. The molecule has 0 aliphatic heterocycles. The Labute approximate surface area is 102 Å². The summed E-state index contributed by atoms with van der Waals surface area (Å²) in [6, 6.07) is 5.50. The van der Waals surface area contributed by atoms with Crippen LogP contribution in [0.2, 0.25) is 0 Å². The number of rotatable bonds is 1. The Morgan fingerprint density at radius 2 is 2.11 bits per heavy atom. The van der Waals surface area contributed by atoms with Gasteiger partial charge in [0.05, 0.1) is 0 Å². The van der Waals surface area contributed by atoms with Gasteiger partial charge in [-0.2, -0.15) is 0 Å². The normalized spacial score (nSPS) is 11.0. The van der Waals surface area contributed by atoms with E-state index in [1.807, 2.05) is 19.1 Å². The maximum absolute atomic E-state index is 12.4. The molecular weight excluding hydrogens is 232 g/mol. The minimum atomic E-state index is -0.170. The maximum atomic E-state index is 12.4. The third-order valence-corrected chi connectivity index (χ3v) is 2.78. The molecule has 0 saturated heterocycles. The van der Waals surface area contributed by atoms with Crippen molar-refractivity contribution in [1.29, 1.82) is 0 Å². The van der Waals surface area contributed by atoms with Crippen molar-refractivity contribution < 1.29 is 0 Å². The van der Waals surface area contributed by atoms with Crippen LogP contribution in [0.5, 0.6) is 0 Å². The van der Waals surface area contributed by atoms with Crippen LogP contribution in [0.1, 0.15) is 5.69 Å². The third kappa shape index (κ3) is 1.41. The first-order valence-electron chi connectivity index (χ1n) is 5.38. The van der Waals surface area contributed by atoms with Crippen LogP contribution in [-0.2, 0) is 7.05 Å². The Morgan fingerprint density at radius 1 is 1.28 bits per heavy atom. The first-order chi connectivity index (χ1) is 8.68. The number of fused-ring (bicyclic) bond motifs is 1. The molecule has 3 aromatic heterocycles. The molecule has 3 heterocycles. The highest BCUT2D eigenvalue weighted by molar-refractivity contribution is 5.55. The molecule has 0 bridgehead atoms. The summed E-state index contributed by atoms with van der Waals surface area (Å²) in [6.45, 7) is 1.86. The number of pyridine rings is 1. The zero-order chi connectivity index (χ0) is 12.7. The molecule has 0 N–H and O–H groups in total. The summed E-state index contributed by atoms with van der Waals surface area (Å²) in [7, 11) is 1.68. The lowest BCUT2D eigenvalue weighted by atomic mass is 10.3. The molecule has 0 aliphatic rings. The monoisotopic (exact) mass is 242 g/mol. The summed E-state index contributed by atoms with van der Waals surface area (Å²) in [5.41, 5.74) is 1.64. The van der Waals surface area contributed by atoms with Gasteiger partial charge in [0.1, 0.15) is 11.2 Å². The van der Waals surface area contributed by atoms with Crippen LogP contribution in [0.3, 0.4) is 0 Å². The van der Waals surface area contributed by atoms with Crippen LogP contribution in [-0.4, -0.2) is 29.6 Å². The van der Waals surface area contributed by atoms with Gasteiger partial charge in [0.15, 0.2) is 5.82 Å². The molecule has 18 heavy (non-hydrogen) atoms. The first-order valence-corrected chi connectivity index (χ1v) is 5.38. The lowest BCUT2D eigenvalue weighted by Gasteiger charge is -2.05. The van der Waals surface area contributed by atoms with Crippen molar-refractivity contribution in [2.45, 2.75) is 6.92 Å². The highest BCUT2D eigenvalue weighted by atomic mass is 16.1. The molecule has 0 unspecified atom stereocenters. The van der Waals surface area contributed by atoms with E-state index in [9.17, 15) is 4.79 Å². The topological polar surface area (TPSA) is 78.0 Å². The molecule has 3 aromatic rings. The number of nitrogens with zero attached hydrogens (tertiary/aromatic N) is 6. The predicted octanol–water partition coefficient (Wildman–Crippen LogP) is 0.193. The van der Waals surface area contributed by atoms with Gasteiger partial charge in [-0.15, -0.1) is 5.10 Å². The largest absolute Gasteiger partial charge is 0.269 e. The van der Waals surface area contributed by atoms with E-state index in [0.717, 1.165) is 5.69 Å². The quantitative estimate of drug-likeness (QED) is 0.609. The van der Waals surface area contributed by atoms with Crippen LogP contribution >= 0.6 is 0 Å². The summed E-state index contributed by atoms with van der Waals surface area (Å²) in [6.07, 6.45) is 1.50. The Kier molecular flexibility index (Phi) is 2.19. The van der Waals surface area contributed by atoms with Gasteiger partial charge in [-0.3, -0.25) is 9.20 Å². The fraction of sp³-hybridized carbons (Fsp3) is 0.182. The predicted molar refractivity (Wildman–Crippen MR) is 64.0 cm³/mol. The van der Waals surface area contributed by atoms with Crippen molar-refractivity contribution in [2.75, 3.05) is 0 Å². The van der Waals surface area contributed by atoms with E-state index in [-0.39, 0.29) is 5.56 Å². The standard InChI is InChI=1S/C11H10N6O/c1-7-4-3-5-9-12-6-8(11(18)17(7)9)10-13-14-15-16(10)2/h3-6H,1-2H3. The SMILES string of the molecule is Cc1cccc2ncc(-c3nnnn3C)c(=O)n12. The van der Waals surface area contributed by atoms with E-state index in [4.69, 9.17) is 0 Å². The van der Waals surface area contributed by atoms with Crippen molar-refractivity contribution in [3.63, 3.8) is 0 Å². The van der Waals surface area contributed by atoms with Gasteiger partial charge >= 0.3 is 0 Å². The van der Waals surface area contributed by atoms with E-state index in [1.54, 1.807) is 17.5 Å². The summed E-state index contributed by atoms with van der Waals surface area (Å²) < 4.78 is 2.99. The van der Waals surface area contributed by atoms with E-state index in [0.29, 0.717) is 17.0 Å². The average molecular weight is 242 g/mol. The number of aryl methyl sites for hydroxylation is 2. The molecule has 0 atom stereocenters. The molecule has 7 heteroatoms. The van der Waals surface area contributed by atoms with Crippen LogP contribution < -0.4 is 5.56 Å². The maximum Gasteiger partial charge on any atom is 0.269 e. The van der Waals surface area contributed by atoms with Gasteiger partial charge in [-0.25, -0.2) is 9.67 Å². The van der Waals surface area contributed by atoms with E-state index in [2.05, 4.69) is 20.5 Å². The summed E-state index contributed by atoms with van der Waals surface area (Å²) in [5, 5.41) is 11.1. The molecule has 3 rings (SSSR count). The van der Waals surface area contributed by atoms with Gasteiger partial charge in [-0.1, -0.05) is 6.07 Å². The van der Waals surface area contributed by atoms with Crippen molar-refractivity contribution in [1.82, 2.24) is 29.6 Å². The second-order valence-electron chi connectivity index (χ2n) is 3.96. The Morgan fingerprint density at radius 3 is 2.83 bits per heavy atom. The van der Waals surface area contributed by atoms with Crippen LogP contribution in [0.4, 0.5) is 0 Å². The minimum Gasteiger partial charge on any atom is -0.268 e. The average Bonchev–Trinajstić information content (AvgIpc) is 2.76. The molecule has 0 fully saturated rings.